The molecule has 0 aliphatic carbocycles. The number of halogens is 2. The highest BCUT2D eigenvalue weighted by Crippen LogP contribution is 2.24. The molecule has 24 heavy (non-hydrogen) atoms. The summed E-state index contributed by atoms with van der Waals surface area (Å²) < 4.78 is 32.5. The molecule has 128 valence electrons. The number of urea groups is 1. The smallest absolute Gasteiger partial charge is 0.319 e. The van der Waals surface area contributed by atoms with Crippen LogP contribution in [0.1, 0.15) is 16.7 Å². The topological polar surface area (TPSA) is 50.4 Å². The lowest BCUT2D eigenvalue weighted by molar-refractivity contribution is 0.247. The Morgan fingerprint density at radius 3 is 2.25 bits per heavy atom. The number of carbonyl (C=O) groups is 1. The molecule has 0 aliphatic rings. The molecular weight excluding hydrogens is 314 g/mol. The SMILES string of the molecule is Cc1cc(C)c(OCCNC(=O)Nc2c(F)cccc2F)c(C)c1. The van der Waals surface area contributed by atoms with Gasteiger partial charge in [0.05, 0.1) is 6.54 Å². The van der Waals surface area contributed by atoms with E-state index in [2.05, 4.69) is 10.6 Å². The number of aryl methyl sites for hydroxylation is 3. The number of ether oxygens (including phenoxy) is 1. The van der Waals surface area contributed by atoms with Crippen molar-refractivity contribution in [2.45, 2.75) is 20.8 Å². The van der Waals surface area contributed by atoms with Gasteiger partial charge in [0.15, 0.2) is 0 Å². The van der Waals surface area contributed by atoms with Crippen molar-refractivity contribution in [3.05, 3.63) is 58.7 Å². The maximum absolute atomic E-state index is 13.4. The van der Waals surface area contributed by atoms with Gasteiger partial charge in [-0.3, -0.25) is 0 Å². The van der Waals surface area contributed by atoms with E-state index in [9.17, 15) is 13.6 Å². The third-order valence-corrected chi connectivity index (χ3v) is 3.44. The van der Waals surface area contributed by atoms with Gasteiger partial charge in [-0.25, -0.2) is 13.6 Å². The van der Waals surface area contributed by atoms with E-state index in [0.29, 0.717) is 0 Å². The highest BCUT2D eigenvalue weighted by molar-refractivity contribution is 5.89. The molecule has 0 heterocycles. The van der Waals surface area contributed by atoms with Crippen LogP contribution in [0.15, 0.2) is 30.3 Å². The van der Waals surface area contributed by atoms with Crippen LogP contribution in [0, 0.1) is 32.4 Å². The van der Waals surface area contributed by atoms with Crippen molar-refractivity contribution in [1.82, 2.24) is 5.32 Å². The van der Waals surface area contributed by atoms with Crippen LogP contribution in [0.25, 0.3) is 0 Å². The molecule has 0 saturated carbocycles. The molecule has 0 atom stereocenters. The van der Waals surface area contributed by atoms with Gasteiger partial charge in [0, 0.05) is 0 Å². The van der Waals surface area contributed by atoms with Crippen LogP contribution in [-0.2, 0) is 0 Å². The van der Waals surface area contributed by atoms with Gasteiger partial charge < -0.3 is 15.4 Å². The summed E-state index contributed by atoms with van der Waals surface area (Å²) in [5.74, 6) is -0.873. The zero-order valence-corrected chi connectivity index (χ0v) is 13.9. The Hall–Kier alpha value is -2.63. The summed E-state index contributed by atoms with van der Waals surface area (Å²) in [6, 6.07) is 6.72. The van der Waals surface area contributed by atoms with Crippen LogP contribution < -0.4 is 15.4 Å². The molecule has 4 nitrogen and oxygen atoms in total. The first-order valence-corrected chi connectivity index (χ1v) is 7.58. The number of anilines is 1. The lowest BCUT2D eigenvalue weighted by atomic mass is 10.1. The fourth-order valence-corrected chi connectivity index (χ4v) is 2.49. The van der Waals surface area contributed by atoms with E-state index < -0.39 is 23.4 Å². The molecular formula is C18H20F2N2O2. The number of hydrogen-bond donors (Lipinski definition) is 2. The first-order chi connectivity index (χ1) is 11.4. The fourth-order valence-electron chi connectivity index (χ4n) is 2.49. The van der Waals surface area contributed by atoms with Crippen LogP contribution in [0.3, 0.4) is 0 Å². The van der Waals surface area contributed by atoms with Gasteiger partial charge in [-0.15, -0.1) is 0 Å². The summed E-state index contributed by atoms with van der Waals surface area (Å²) in [6.07, 6.45) is 0. The highest BCUT2D eigenvalue weighted by atomic mass is 19.1. The van der Waals surface area contributed by atoms with Crippen molar-refractivity contribution in [3.8, 4) is 5.75 Å². The van der Waals surface area contributed by atoms with Crippen LogP contribution >= 0.6 is 0 Å². The lowest BCUT2D eigenvalue weighted by Crippen LogP contribution is -2.32. The van der Waals surface area contributed by atoms with Gasteiger partial charge in [0.25, 0.3) is 0 Å². The standard InChI is InChI=1S/C18H20F2N2O2/c1-11-9-12(2)17(13(3)10-11)24-8-7-21-18(23)22-16-14(19)5-4-6-15(16)20/h4-6,9-10H,7-8H2,1-3H3,(H2,21,22,23). The van der Waals surface area contributed by atoms with E-state index >= 15 is 0 Å². The molecule has 2 aromatic carbocycles. The molecule has 0 fully saturated rings. The summed E-state index contributed by atoms with van der Waals surface area (Å²) >= 11 is 0. The third kappa shape index (κ3) is 4.44. The Bertz CT molecular complexity index is 705. The molecule has 2 N–H and O–H groups in total. The summed E-state index contributed by atoms with van der Waals surface area (Å²) in [5, 5.41) is 4.65. The fraction of sp³-hybridized carbons (Fsp3) is 0.278. The molecule has 2 rings (SSSR count). The second-order valence-corrected chi connectivity index (χ2v) is 5.55. The van der Waals surface area contributed by atoms with Gasteiger partial charge in [-0.05, 0) is 44.0 Å². The van der Waals surface area contributed by atoms with Crippen LogP contribution in [0.5, 0.6) is 5.75 Å². The van der Waals surface area contributed by atoms with Crippen molar-refractivity contribution in [2.75, 3.05) is 18.5 Å². The quantitative estimate of drug-likeness (QED) is 0.809. The molecule has 0 bridgehead atoms. The molecule has 0 spiro atoms. The minimum absolute atomic E-state index is 0.203. The Kier molecular flexibility index (Phi) is 5.73. The van der Waals surface area contributed by atoms with Crippen LogP contribution in [-0.4, -0.2) is 19.2 Å². The number of nitrogens with one attached hydrogen (secondary N) is 2. The van der Waals surface area contributed by atoms with Crippen molar-refractivity contribution < 1.29 is 18.3 Å². The zero-order valence-electron chi connectivity index (χ0n) is 13.9. The minimum Gasteiger partial charge on any atom is -0.491 e. The van der Waals surface area contributed by atoms with Crippen LogP contribution in [0.2, 0.25) is 0 Å². The van der Waals surface area contributed by atoms with Crippen molar-refractivity contribution in [3.63, 3.8) is 0 Å². The molecule has 6 heteroatoms. The van der Waals surface area contributed by atoms with E-state index in [1.54, 1.807) is 0 Å². The molecule has 2 aromatic rings. The Labute approximate surface area is 139 Å². The largest absolute Gasteiger partial charge is 0.491 e. The van der Waals surface area contributed by atoms with Gasteiger partial charge in [0.2, 0.25) is 0 Å². The third-order valence-electron chi connectivity index (χ3n) is 3.44. The van der Waals surface area contributed by atoms with Crippen LogP contribution in [0.4, 0.5) is 19.3 Å². The Morgan fingerprint density at radius 1 is 1.08 bits per heavy atom. The zero-order chi connectivity index (χ0) is 17.7. The van der Waals surface area contributed by atoms with Gasteiger partial charge in [-0.1, -0.05) is 23.8 Å². The Balaban J connectivity index is 1.84. The molecule has 0 aromatic heterocycles. The minimum atomic E-state index is -0.827. The second kappa shape index (κ2) is 7.77. The average molecular weight is 334 g/mol. The van der Waals surface area contributed by atoms with E-state index in [0.717, 1.165) is 34.6 Å². The summed E-state index contributed by atoms with van der Waals surface area (Å²) in [6.45, 7) is 6.37. The maximum atomic E-state index is 13.4. The average Bonchev–Trinajstić information content (AvgIpc) is 2.49. The van der Waals surface area contributed by atoms with E-state index in [1.807, 2.05) is 32.9 Å². The van der Waals surface area contributed by atoms with Gasteiger partial charge >= 0.3 is 6.03 Å². The first-order valence-electron chi connectivity index (χ1n) is 7.58. The molecule has 0 saturated heterocycles. The molecule has 0 radical (unpaired) electrons. The number of hydrogen-bond acceptors (Lipinski definition) is 2. The highest BCUT2D eigenvalue weighted by Gasteiger charge is 2.11. The molecule has 0 unspecified atom stereocenters. The van der Waals surface area contributed by atoms with Crippen molar-refractivity contribution in [1.29, 1.82) is 0 Å². The predicted molar refractivity (Wildman–Crippen MR) is 89.5 cm³/mol. The first kappa shape index (κ1) is 17.7. The van der Waals surface area contributed by atoms with E-state index in [4.69, 9.17) is 4.74 Å². The second-order valence-electron chi connectivity index (χ2n) is 5.55. The van der Waals surface area contributed by atoms with Crippen molar-refractivity contribution in [2.24, 2.45) is 0 Å². The predicted octanol–water partition coefficient (Wildman–Crippen LogP) is 4.09. The molecule has 0 aliphatic heterocycles. The number of benzene rings is 2. The summed E-state index contributed by atoms with van der Waals surface area (Å²) in [5.41, 5.74) is 2.72. The summed E-state index contributed by atoms with van der Waals surface area (Å²) in [4.78, 5) is 11.7. The number of amides is 2. The number of carbonyl (C=O) groups excluding carboxylic acids is 1. The van der Waals surface area contributed by atoms with Crippen molar-refractivity contribution >= 4 is 11.7 Å². The molecule has 2 amide bonds. The Morgan fingerprint density at radius 2 is 1.67 bits per heavy atom. The van der Waals surface area contributed by atoms with E-state index in [-0.39, 0.29) is 13.2 Å². The van der Waals surface area contributed by atoms with E-state index in [1.165, 1.54) is 6.07 Å². The van der Waals surface area contributed by atoms with Gasteiger partial charge in [0.1, 0.15) is 29.7 Å². The van der Waals surface area contributed by atoms with Gasteiger partial charge in [-0.2, -0.15) is 0 Å². The number of para-hydroxylation sites is 1. The normalized spacial score (nSPS) is 10.4. The maximum Gasteiger partial charge on any atom is 0.319 e. The lowest BCUT2D eigenvalue weighted by Gasteiger charge is -2.14. The summed E-state index contributed by atoms with van der Waals surface area (Å²) in [7, 11) is 0. The number of rotatable bonds is 5. The monoisotopic (exact) mass is 334 g/mol.